The maximum atomic E-state index is 12.3. The van der Waals surface area contributed by atoms with Crippen LogP contribution in [0.25, 0.3) is 11.4 Å². The average molecular weight is 347 g/mol. The standard InChI is InChI=1S/C20H17N3O3/c24-20(15-10-21-19(22-11-15)14-6-2-1-3-7-14)23-12-16-13-25-17-8-4-5-9-18(17)26-16/h1-11,16H,12-13H2,(H,23,24)/t16-/m1/s1. The Morgan fingerprint density at radius 2 is 1.69 bits per heavy atom. The fraction of sp³-hybridized carbons (Fsp3) is 0.150. The number of carbonyl (C=O) groups excluding carboxylic acids is 1. The van der Waals surface area contributed by atoms with Crippen LogP contribution >= 0.6 is 0 Å². The van der Waals surface area contributed by atoms with Gasteiger partial charge >= 0.3 is 0 Å². The number of nitrogens with zero attached hydrogens (tertiary/aromatic N) is 2. The molecule has 1 N–H and O–H groups in total. The molecule has 2 heterocycles. The summed E-state index contributed by atoms with van der Waals surface area (Å²) in [5, 5.41) is 2.83. The van der Waals surface area contributed by atoms with E-state index in [-0.39, 0.29) is 12.0 Å². The van der Waals surface area contributed by atoms with Crippen molar-refractivity contribution in [1.82, 2.24) is 15.3 Å². The van der Waals surface area contributed by atoms with Gasteiger partial charge in [0.2, 0.25) is 0 Å². The average Bonchev–Trinajstić information content (AvgIpc) is 2.72. The Hall–Kier alpha value is -3.41. The summed E-state index contributed by atoms with van der Waals surface area (Å²) < 4.78 is 11.5. The summed E-state index contributed by atoms with van der Waals surface area (Å²) in [7, 11) is 0. The number of benzene rings is 2. The second kappa shape index (κ2) is 7.23. The van der Waals surface area contributed by atoms with E-state index in [0.717, 1.165) is 11.3 Å². The van der Waals surface area contributed by atoms with E-state index in [1.54, 1.807) is 0 Å². The molecule has 0 unspecified atom stereocenters. The van der Waals surface area contributed by atoms with Crippen LogP contribution in [-0.4, -0.2) is 35.1 Å². The summed E-state index contributed by atoms with van der Waals surface area (Å²) in [6.45, 7) is 0.730. The highest BCUT2D eigenvalue weighted by Crippen LogP contribution is 2.30. The molecule has 0 spiro atoms. The highest BCUT2D eigenvalue weighted by atomic mass is 16.6. The van der Waals surface area contributed by atoms with Gasteiger partial charge in [-0.05, 0) is 12.1 Å². The van der Waals surface area contributed by atoms with Crippen LogP contribution in [0.2, 0.25) is 0 Å². The number of hydrogen-bond acceptors (Lipinski definition) is 5. The van der Waals surface area contributed by atoms with E-state index in [2.05, 4.69) is 15.3 Å². The summed E-state index contributed by atoms with van der Waals surface area (Å²) in [6, 6.07) is 17.1. The molecule has 6 nitrogen and oxygen atoms in total. The summed E-state index contributed by atoms with van der Waals surface area (Å²) in [4.78, 5) is 20.8. The quantitative estimate of drug-likeness (QED) is 0.785. The highest BCUT2D eigenvalue weighted by molar-refractivity contribution is 5.93. The lowest BCUT2D eigenvalue weighted by Crippen LogP contribution is -2.40. The van der Waals surface area contributed by atoms with Crippen LogP contribution in [0.5, 0.6) is 11.5 Å². The molecule has 1 aliphatic rings. The number of hydrogen-bond donors (Lipinski definition) is 1. The maximum absolute atomic E-state index is 12.3. The van der Waals surface area contributed by atoms with Crippen LogP contribution in [0.1, 0.15) is 10.4 Å². The first-order valence-corrected chi connectivity index (χ1v) is 8.34. The lowest BCUT2D eigenvalue weighted by Gasteiger charge is -2.26. The minimum absolute atomic E-state index is 0.238. The van der Waals surface area contributed by atoms with Gasteiger partial charge in [0.1, 0.15) is 12.7 Å². The van der Waals surface area contributed by atoms with Crippen molar-refractivity contribution >= 4 is 5.91 Å². The molecular weight excluding hydrogens is 330 g/mol. The molecule has 1 atom stereocenters. The zero-order valence-corrected chi connectivity index (χ0v) is 14.0. The monoisotopic (exact) mass is 347 g/mol. The van der Waals surface area contributed by atoms with Gasteiger partial charge in [-0.1, -0.05) is 42.5 Å². The third-order valence-electron chi connectivity index (χ3n) is 4.00. The van der Waals surface area contributed by atoms with E-state index in [4.69, 9.17) is 9.47 Å². The Balaban J connectivity index is 1.35. The molecule has 0 fully saturated rings. The molecule has 2 aromatic carbocycles. The van der Waals surface area contributed by atoms with Gasteiger partial charge in [-0.15, -0.1) is 0 Å². The predicted molar refractivity (Wildman–Crippen MR) is 96.2 cm³/mol. The van der Waals surface area contributed by atoms with Crippen LogP contribution in [0.3, 0.4) is 0 Å². The van der Waals surface area contributed by atoms with Crippen molar-refractivity contribution < 1.29 is 14.3 Å². The van der Waals surface area contributed by atoms with Crippen LogP contribution in [0, 0.1) is 0 Å². The number of amides is 1. The van der Waals surface area contributed by atoms with E-state index in [9.17, 15) is 4.79 Å². The molecule has 0 bridgehead atoms. The fourth-order valence-corrected chi connectivity index (χ4v) is 2.65. The van der Waals surface area contributed by atoms with Gasteiger partial charge in [-0.2, -0.15) is 0 Å². The molecule has 6 heteroatoms. The molecule has 3 aromatic rings. The van der Waals surface area contributed by atoms with Crippen molar-refractivity contribution in [2.45, 2.75) is 6.10 Å². The summed E-state index contributed by atoms with van der Waals surface area (Å²) >= 11 is 0. The van der Waals surface area contributed by atoms with E-state index in [1.807, 2.05) is 54.6 Å². The molecule has 0 saturated carbocycles. The highest BCUT2D eigenvalue weighted by Gasteiger charge is 2.21. The van der Waals surface area contributed by atoms with Gasteiger partial charge in [0.15, 0.2) is 17.3 Å². The second-order valence-electron chi connectivity index (χ2n) is 5.87. The Morgan fingerprint density at radius 3 is 2.46 bits per heavy atom. The van der Waals surface area contributed by atoms with Crippen molar-refractivity contribution in [3.05, 3.63) is 72.6 Å². The van der Waals surface area contributed by atoms with Crippen molar-refractivity contribution in [1.29, 1.82) is 0 Å². The van der Waals surface area contributed by atoms with E-state index in [1.165, 1.54) is 12.4 Å². The molecule has 4 rings (SSSR count). The zero-order chi connectivity index (χ0) is 17.8. The third-order valence-corrected chi connectivity index (χ3v) is 4.00. The maximum Gasteiger partial charge on any atom is 0.254 e. The molecule has 26 heavy (non-hydrogen) atoms. The smallest absolute Gasteiger partial charge is 0.254 e. The first-order valence-electron chi connectivity index (χ1n) is 8.34. The number of rotatable bonds is 4. The van der Waals surface area contributed by atoms with Gasteiger partial charge in [0.25, 0.3) is 5.91 Å². The number of ether oxygens (including phenoxy) is 2. The van der Waals surface area contributed by atoms with Gasteiger partial charge < -0.3 is 14.8 Å². The Labute approximate surface area is 150 Å². The zero-order valence-electron chi connectivity index (χ0n) is 14.0. The number of fused-ring (bicyclic) bond motifs is 1. The number of carbonyl (C=O) groups is 1. The van der Waals surface area contributed by atoms with Crippen molar-refractivity contribution in [2.75, 3.05) is 13.2 Å². The SMILES string of the molecule is O=C(NC[C@@H]1COc2ccccc2O1)c1cnc(-c2ccccc2)nc1. The van der Waals surface area contributed by atoms with Crippen molar-refractivity contribution in [3.63, 3.8) is 0 Å². The molecule has 1 aromatic heterocycles. The van der Waals surface area contributed by atoms with Crippen LogP contribution in [-0.2, 0) is 0 Å². The molecule has 1 aliphatic heterocycles. The minimum atomic E-state index is -0.243. The molecule has 130 valence electrons. The second-order valence-corrected chi connectivity index (χ2v) is 5.87. The summed E-state index contributed by atoms with van der Waals surface area (Å²) in [5.41, 5.74) is 1.31. The molecule has 0 radical (unpaired) electrons. The Bertz CT molecular complexity index is 898. The van der Waals surface area contributed by atoms with Gasteiger partial charge in [0, 0.05) is 18.0 Å². The predicted octanol–water partition coefficient (Wildman–Crippen LogP) is 2.71. The molecule has 1 amide bonds. The first kappa shape index (κ1) is 16.1. The normalized spacial score (nSPS) is 15.3. The topological polar surface area (TPSA) is 73.3 Å². The van der Waals surface area contributed by atoms with Crippen LogP contribution < -0.4 is 14.8 Å². The van der Waals surface area contributed by atoms with Crippen LogP contribution in [0.15, 0.2) is 67.0 Å². The largest absolute Gasteiger partial charge is 0.486 e. The van der Waals surface area contributed by atoms with Crippen LogP contribution in [0.4, 0.5) is 0 Å². The van der Waals surface area contributed by atoms with Crippen molar-refractivity contribution in [3.8, 4) is 22.9 Å². The van der Waals surface area contributed by atoms with E-state index >= 15 is 0 Å². The van der Waals surface area contributed by atoms with Crippen molar-refractivity contribution in [2.24, 2.45) is 0 Å². The number of aromatic nitrogens is 2. The van der Waals surface area contributed by atoms with E-state index in [0.29, 0.717) is 30.3 Å². The van der Waals surface area contributed by atoms with E-state index < -0.39 is 0 Å². The summed E-state index contributed by atoms with van der Waals surface area (Å²) in [6.07, 6.45) is 2.81. The molecule has 0 saturated heterocycles. The number of para-hydroxylation sites is 2. The minimum Gasteiger partial charge on any atom is -0.486 e. The van der Waals surface area contributed by atoms with Gasteiger partial charge in [-0.3, -0.25) is 4.79 Å². The molecular formula is C20H17N3O3. The fourth-order valence-electron chi connectivity index (χ4n) is 2.65. The third kappa shape index (κ3) is 3.49. The Kier molecular flexibility index (Phi) is 4.47. The lowest BCUT2D eigenvalue weighted by atomic mass is 10.2. The summed E-state index contributed by atoms with van der Waals surface area (Å²) in [5.74, 6) is 1.75. The first-order chi connectivity index (χ1) is 12.8. The molecule has 0 aliphatic carbocycles. The van der Waals surface area contributed by atoms with Gasteiger partial charge in [-0.25, -0.2) is 9.97 Å². The lowest BCUT2D eigenvalue weighted by molar-refractivity contribution is 0.0789. The van der Waals surface area contributed by atoms with Gasteiger partial charge in [0.05, 0.1) is 12.1 Å². The Morgan fingerprint density at radius 1 is 1.00 bits per heavy atom. The number of nitrogens with one attached hydrogen (secondary N) is 1.